The smallest absolute Gasteiger partial charge is 0.194 e. The number of morpholine rings is 1. The summed E-state index contributed by atoms with van der Waals surface area (Å²) in [6, 6.07) is 4.21. The second-order valence-electron chi connectivity index (χ2n) is 7.76. The minimum atomic E-state index is 0. The van der Waals surface area contributed by atoms with Crippen LogP contribution in [0.15, 0.2) is 23.3 Å². The number of anilines is 1. The fourth-order valence-corrected chi connectivity index (χ4v) is 3.20. The largest absolute Gasteiger partial charge is 0.379 e. The second kappa shape index (κ2) is 12.5. The van der Waals surface area contributed by atoms with Gasteiger partial charge in [0.1, 0.15) is 5.82 Å². The highest BCUT2D eigenvalue weighted by Gasteiger charge is 2.21. The van der Waals surface area contributed by atoms with Crippen LogP contribution in [0.4, 0.5) is 5.82 Å². The number of aromatic nitrogens is 1. The summed E-state index contributed by atoms with van der Waals surface area (Å²) < 4.78 is 11.4. The highest BCUT2D eigenvalue weighted by Crippen LogP contribution is 2.28. The Kier molecular flexibility index (Phi) is 10.4. The van der Waals surface area contributed by atoms with Gasteiger partial charge in [-0.05, 0) is 44.2 Å². The van der Waals surface area contributed by atoms with E-state index in [1.807, 2.05) is 6.20 Å². The van der Waals surface area contributed by atoms with Gasteiger partial charge >= 0.3 is 0 Å². The molecule has 7 nitrogen and oxygen atoms in total. The molecule has 0 spiro atoms. The van der Waals surface area contributed by atoms with Gasteiger partial charge in [0, 0.05) is 46.0 Å². The Morgan fingerprint density at radius 2 is 2.24 bits per heavy atom. The molecule has 1 aromatic rings. The minimum Gasteiger partial charge on any atom is -0.379 e. The van der Waals surface area contributed by atoms with Gasteiger partial charge < -0.3 is 24.6 Å². The molecule has 1 aliphatic carbocycles. The predicted octanol–water partition coefficient (Wildman–Crippen LogP) is 2.75. The van der Waals surface area contributed by atoms with Gasteiger partial charge in [-0.15, -0.1) is 24.0 Å². The maximum atomic E-state index is 5.75. The fourth-order valence-electron chi connectivity index (χ4n) is 3.20. The summed E-state index contributed by atoms with van der Waals surface area (Å²) in [5, 5.41) is 3.36. The molecule has 1 atom stereocenters. The first kappa shape index (κ1) is 24.1. The monoisotopic (exact) mass is 517 g/mol. The van der Waals surface area contributed by atoms with E-state index in [1.54, 1.807) is 0 Å². The van der Waals surface area contributed by atoms with E-state index in [9.17, 15) is 0 Å². The van der Waals surface area contributed by atoms with Crippen molar-refractivity contribution in [3.05, 3.63) is 23.9 Å². The topological polar surface area (TPSA) is 62.2 Å². The van der Waals surface area contributed by atoms with Crippen molar-refractivity contribution >= 4 is 35.8 Å². The van der Waals surface area contributed by atoms with Crippen LogP contribution in [0, 0.1) is 5.92 Å². The molecule has 1 aromatic heterocycles. The van der Waals surface area contributed by atoms with Crippen LogP contribution in [0.5, 0.6) is 0 Å². The summed E-state index contributed by atoms with van der Waals surface area (Å²) in [5.41, 5.74) is 1.11. The van der Waals surface area contributed by atoms with E-state index in [-0.39, 0.29) is 30.1 Å². The normalized spacial score (nSPS) is 19.6. The third-order valence-electron chi connectivity index (χ3n) is 5.10. The van der Waals surface area contributed by atoms with E-state index >= 15 is 0 Å². The molecule has 2 fully saturated rings. The van der Waals surface area contributed by atoms with Crippen LogP contribution in [-0.4, -0.2) is 75.0 Å². The van der Waals surface area contributed by atoms with E-state index in [4.69, 9.17) is 14.5 Å². The second-order valence-corrected chi connectivity index (χ2v) is 7.76. The molecule has 0 aromatic carbocycles. The molecule has 0 bridgehead atoms. The maximum absolute atomic E-state index is 5.75. The number of aliphatic imine (C=N–C) groups is 1. The number of ether oxygens (including phenoxy) is 2. The molecule has 1 saturated carbocycles. The van der Waals surface area contributed by atoms with Gasteiger partial charge in [0.2, 0.25) is 0 Å². The van der Waals surface area contributed by atoms with Crippen molar-refractivity contribution in [3.8, 4) is 0 Å². The molecular weight excluding hydrogens is 481 g/mol. The van der Waals surface area contributed by atoms with Crippen LogP contribution in [-0.2, 0) is 16.0 Å². The Morgan fingerprint density at radius 3 is 2.90 bits per heavy atom. The fraction of sp³-hybridized carbons (Fsp3) is 0.714. The first-order chi connectivity index (χ1) is 13.7. The quantitative estimate of drug-likeness (QED) is 0.235. The van der Waals surface area contributed by atoms with Crippen molar-refractivity contribution in [2.75, 3.05) is 57.9 Å². The van der Waals surface area contributed by atoms with Crippen molar-refractivity contribution in [1.29, 1.82) is 0 Å². The average Bonchev–Trinajstić information content (AvgIpc) is 3.53. The molecule has 29 heavy (non-hydrogen) atoms. The Hall–Kier alpha value is -1.13. The van der Waals surface area contributed by atoms with Crippen molar-refractivity contribution in [2.45, 2.75) is 39.3 Å². The number of halogens is 1. The lowest BCUT2D eigenvalue weighted by atomic mass is 10.2. The molecule has 1 aliphatic heterocycles. The number of nitrogens with one attached hydrogen (secondary N) is 1. The van der Waals surface area contributed by atoms with Gasteiger partial charge in [-0.1, -0.05) is 6.07 Å². The molecule has 2 heterocycles. The predicted molar refractivity (Wildman–Crippen MR) is 128 cm³/mol. The summed E-state index contributed by atoms with van der Waals surface area (Å²) in [6.07, 6.45) is 4.85. The number of likely N-dealkylation sites (N-methyl/N-ethyl adjacent to an activating group) is 1. The highest BCUT2D eigenvalue weighted by atomic mass is 127. The van der Waals surface area contributed by atoms with Crippen LogP contribution < -0.4 is 10.2 Å². The first-order valence-electron chi connectivity index (χ1n) is 10.5. The number of rotatable bonds is 9. The molecule has 1 N–H and O–H groups in total. The van der Waals surface area contributed by atoms with Gasteiger partial charge in [-0.2, -0.15) is 0 Å². The highest BCUT2D eigenvalue weighted by molar-refractivity contribution is 14.0. The molecule has 0 radical (unpaired) electrons. The van der Waals surface area contributed by atoms with E-state index in [0.29, 0.717) is 6.54 Å². The Bertz CT molecular complexity index is 624. The Labute approximate surface area is 192 Å². The lowest BCUT2D eigenvalue weighted by Crippen LogP contribution is -2.41. The van der Waals surface area contributed by atoms with Gasteiger partial charge in [-0.3, -0.25) is 0 Å². The number of guanidine groups is 1. The van der Waals surface area contributed by atoms with Crippen LogP contribution in [0.25, 0.3) is 0 Å². The lowest BCUT2D eigenvalue weighted by Gasteiger charge is -2.32. The summed E-state index contributed by atoms with van der Waals surface area (Å²) in [5.74, 6) is 2.73. The zero-order valence-corrected chi connectivity index (χ0v) is 20.3. The molecule has 2 aliphatic rings. The summed E-state index contributed by atoms with van der Waals surface area (Å²) >= 11 is 0. The summed E-state index contributed by atoms with van der Waals surface area (Å²) in [6.45, 7) is 10.7. The number of nitrogens with zero attached hydrogens (tertiary/aromatic N) is 4. The third-order valence-corrected chi connectivity index (χ3v) is 5.10. The first-order valence-corrected chi connectivity index (χ1v) is 10.5. The third kappa shape index (κ3) is 8.25. The van der Waals surface area contributed by atoms with Crippen LogP contribution >= 0.6 is 24.0 Å². The van der Waals surface area contributed by atoms with Gasteiger partial charge in [0.05, 0.1) is 25.9 Å². The zero-order chi connectivity index (χ0) is 19.8. The van der Waals surface area contributed by atoms with Crippen LogP contribution in [0.1, 0.15) is 32.3 Å². The van der Waals surface area contributed by atoms with E-state index in [2.05, 4.69) is 53.1 Å². The molecule has 164 valence electrons. The standard InChI is InChI=1S/C21H35N5O2.HI/c1-4-22-21(25(3)9-11-27-16-18-5-6-18)24-14-19-7-8-20(23-13-19)26-10-12-28-17(2)15-26;/h7-8,13,17-18H,4-6,9-12,14-16H2,1-3H3,(H,22,24);1H. The SMILES string of the molecule is CCNC(=NCc1ccc(N2CCOC(C)C2)nc1)N(C)CCOCC1CC1.I. The van der Waals surface area contributed by atoms with Crippen molar-refractivity contribution < 1.29 is 9.47 Å². The maximum Gasteiger partial charge on any atom is 0.194 e. The Balaban J connectivity index is 0.00000300. The average molecular weight is 517 g/mol. The Morgan fingerprint density at radius 1 is 1.41 bits per heavy atom. The van der Waals surface area contributed by atoms with Crippen molar-refractivity contribution in [2.24, 2.45) is 10.9 Å². The number of hydrogen-bond acceptors (Lipinski definition) is 5. The van der Waals surface area contributed by atoms with E-state index in [0.717, 1.165) is 69.3 Å². The molecule has 3 rings (SSSR count). The summed E-state index contributed by atoms with van der Waals surface area (Å²) in [7, 11) is 2.06. The number of pyridine rings is 1. The van der Waals surface area contributed by atoms with Crippen molar-refractivity contribution in [3.63, 3.8) is 0 Å². The minimum absolute atomic E-state index is 0. The molecule has 8 heteroatoms. The number of hydrogen-bond donors (Lipinski definition) is 1. The van der Waals surface area contributed by atoms with Gasteiger partial charge in [0.15, 0.2) is 5.96 Å². The lowest BCUT2D eigenvalue weighted by molar-refractivity contribution is 0.0529. The molecule has 1 saturated heterocycles. The molecule has 1 unspecified atom stereocenters. The van der Waals surface area contributed by atoms with E-state index < -0.39 is 0 Å². The van der Waals surface area contributed by atoms with Crippen LogP contribution in [0.3, 0.4) is 0 Å². The van der Waals surface area contributed by atoms with Gasteiger partial charge in [0.25, 0.3) is 0 Å². The molecular formula is C21H36IN5O2. The summed E-state index contributed by atoms with van der Waals surface area (Å²) in [4.78, 5) is 13.8. The molecule has 0 amide bonds. The van der Waals surface area contributed by atoms with Gasteiger partial charge in [-0.25, -0.2) is 9.98 Å². The van der Waals surface area contributed by atoms with Crippen LogP contribution in [0.2, 0.25) is 0 Å². The van der Waals surface area contributed by atoms with Crippen molar-refractivity contribution in [1.82, 2.24) is 15.2 Å². The van der Waals surface area contributed by atoms with E-state index in [1.165, 1.54) is 12.8 Å². The zero-order valence-electron chi connectivity index (χ0n) is 18.0.